The highest BCUT2D eigenvalue weighted by Crippen LogP contribution is 2.51. The molecule has 7 nitrogen and oxygen atoms in total. The number of benzene rings is 3. The lowest BCUT2D eigenvalue weighted by Gasteiger charge is -2.18. The Morgan fingerprint density at radius 2 is 1.66 bits per heavy atom. The van der Waals surface area contributed by atoms with Crippen LogP contribution in [0.25, 0.3) is 11.1 Å². The summed E-state index contributed by atoms with van der Waals surface area (Å²) in [5.41, 5.74) is 6.20. The molecule has 1 fully saturated rings. The molecular weight excluding hydrogens is 465 g/mol. The minimum Gasteiger partial charge on any atom is -0.454 e. The monoisotopic (exact) mass is 484 g/mol. The first-order valence-electron chi connectivity index (χ1n) is 10.7. The predicted octanol–water partition coefficient (Wildman–Crippen LogP) is 4.75. The Morgan fingerprint density at radius 3 is 2.31 bits per heavy atom. The lowest BCUT2D eigenvalue weighted by Crippen LogP contribution is -2.27. The zero-order chi connectivity index (χ0) is 24.8. The van der Waals surface area contributed by atoms with Crippen molar-refractivity contribution in [2.45, 2.75) is 24.6 Å². The van der Waals surface area contributed by atoms with Crippen molar-refractivity contribution in [1.82, 2.24) is 0 Å². The maximum absolute atomic E-state index is 13.2. The summed E-state index contributed by atoms with van der Waals surface area (Å²) in [4.78, 5) is 24.6. The number of rotatable bonds is 6. The lowest BCUT2D eigenvalue weighted by atomic mass is 9.94. The average Bonchev–Trinajstić information content (AvgIpc) is 3.50. The molecule has 3 N–H and O–H groups in total. The fraction of sp³-hybridized carbons (Fsp3) is 0.200. The minimum absolute atomic E-state index is 0.0871. The van der Waals surface area contributed by atoms with Gasteiger partial charge in [0.15, 0.2) is 11.5 Å². The fourth-order valence-electron chi connectivity index (χ4n) is 4.08. The number of halogens is 3. The van der Waals surface area contributed by atoms with Crippen molar-refractivity contribution in [1.29, 1.82) is 0 Å². The second-order valence-electron chi connectivity index (χ2n) is 8.30. The molecule has 5 rings (SSSR count). The van der Waals surface area contributed by atoms with Gasteiger partial charge in [0.05, 0.1) is 5.41 Å². The molecule has 3 aromatic carbocycles. The fourth-order valence-corrected chi connectivity index (χ4v) is 4.08. The Hall–Kier alpha value is -4.21. The summed E-state index contributed by atoms with van der Waals surface area (Å²) in [5, 5.41) is 2.82. The minimum atomic E-state index is -4.91. The number of ether oxygens (including phenoxy) is 3. The van der Waals surface area contributed by atoms with Gasteiger partial charge < -0.3 is 25.3 Å². The first-order chi connectivity index (χ1) is 16.6. The topological polar surface area (TPSA) is 99.9 Å². The maximum atomic E-state index is 13.2. The van der Waals surface area contributed by atoms with Gasteiger partial charge in [-0.2, -0.15) is 0 Å². The van der Waals surface area contributed by atoms with E-state index in [1.807, 2.05) is 6.07 Å². The largest absolute Gasteiger partial charge is 0.573 e. The molecule has 1 aliphatic heterocycles. The van der Waals surface area contributed by atoms with Crippen molar-refractivity contribution >= 4 is 17.5 Å². The number of carbonyl (C=O) groups excluding carboxylic acids is 2. The Kier molecular flexibility index (Phi) is 5.31. The van der Waals surface area contributed by atoms with Crippen LogP contribution in [0.5, 0.6) is 17.2 Å². The summed E-state index contributed by atoms with van der Waals surface area (Å²) < 4.78 is 53.9. The van der Waals surface area contributed by atoms with Gasteiger partial charge in [-0.15, -0.1) is 13.2 Å². The van der Waals surface area contributed by atoms with Gasteiger partial charge in [-0.1, -0.05) is 18.2 Å². The number of hydrogen-bond donors (Lipinski definition) is 2. The molecule has 2 aliphatic rings. The van der Waals surface area contributed by atoms with E-state index in [2.05, 4.69) is 10.1 Å². The first kappa shape index (κ1) is 22.6. The second kappa shape index (κ2) is 8.23. The van der Waals surface area contributed by atoms with Gasteiger partial charge in [0.2, 0.25) is 18.6 Å². The van der Waals surface area contributed by atoms with E-state index < -0.39 is 23.4 Å². The van der Waals surface area contributed by atoms with Crippen molar-refractivity contribution in [2.24, 2.45) is 5.73 Å². The molecule has 1 aliphatic carbocycles. The third-order valence-electron chi connectivity index (χ3n) is 6.05. The highest BCUT2D eigenvalue weighted by atomic mass is 19.4. The molecule has 180 valence electrons. The summed E-state index contributed by atoms with van der Waals surface area (Å²) in [5.74, 6) is -0.216. The highest BCUT2D eigenvalue weighted by Gasteiger charge is 2.51. The van der Waals surface area contributed by atoms with Crippen molar-refractivity contribution in [3.8, 4) is 28.4 Å². The number of amides is 2. The SMILES string of the molecule is NC(=O)c1ccc(-c2cc(NC(=O)C3(c4ccc5c(c4)OCO5)CC3)ccc2OC(F)(F)F)cc1. The molecule has 0 saturated heterocycles. The number of carbonyl (C=O) groups is 2. The van der Waals surface area contributed by atoms with Crippen molar-refractivity contribution < 1.29 is 37.0 Å². The van der Waals surface area contributed by atoms with Crippen LogP contribution in [0.1, 0.15) is 28.8 Å². The molecule has 0 bridgehead atoms. The number of anilines is 1. The number of hydrogen-bond acceptors (Lipinski definition) is 5. The molecule has 0 aromatic heterocycles. The lowest BCUT2D eigenvalue weighted by molar-refractivity contribution is -0.274. The Labute approximate surface area is 197 Å². The molecule has 1 heterocycles. The molecule has 0 unspecified atom stereocenters. The van der Waals surface area contributed by atoms with Crippen LogP contribution >= 0.6 is 0 Å². The summed E-state index contributed by atoms with van der Waals surface area (Å²) in [6.07, 6.45) is -3.67. The summed E-state index contributed by atoms with van der Waals surface area (Å²) in [7, 11) is 0. The van der Waals surface area contributed by atoms with E-state index in [9.17, 15) is 22.8 Å². The average molecular weight is 484 g/mol. The summed E-state index contributed by atoms with van der Waals surface area (Å²) in [6, 6.07) is 14.9. The third-order valence-corrected chi connectivity index (χ3v) is 6.05. The predicted molar refractivity (Wildman–Crippen MR) is 119 cm³/mol. The van der Waals surface area contributed by atoms with E-state index in [1.165, 1.54) is 36.4 Å². The Bertz CT molecular complexity index is 1320. The van der Waals surface area contributed by atoms with Crippen molar-refractivity contribution in [2.75, 3.05) is 12.1 Å². The molecule has 0 spiro atoms. The van der Waals surface area contributed by atoms with Crippen LogP contribution in [0.4, 0.5) is 18.9 Å². The van der Waals surface area contributed by atoms with E-state index in [1.54, 1.807) is 12.1 Å². The van der Waals surface area contributed by atoms with Crippen LogP contribution < -0.4 is 25.3 Å². The molecule has 10 heteroatoms. The van der Waals surface area contributed by atoms with Gasteiger partial charge in [0.25, 0.3) is 0 Å². The van der Waals surface area contributed by atoms with Crippen LogP contribution in [-0.2, 0) is 10.2 Å². The van der Waals surface area contributed by atoms with Gasteiger partial charge in [0, 0.05) is 16.8 Å². The van der Waals surface area contributed by atoms with Gasteiger partial charge >= 0.3 is 6.36 Å². The number of fused-ring (bicyclic) bond motifs is 1. The summed E-state index contributed by atoms with van der Waals surface area (Å²) in [6.45, 7) is 0.119. The standard InChI is InChI=1S/C25H19F3N2O5/c26-25(27,28)35-19-8-6-17(12-18(19)14-1-3-15(4-2-14)22(29)31)30-23(32)24(9-10-24)16-5-7-20-21(11-16)34-13-33-20/h1-8,11-12H,9-10,13H2,(H2,29,31)(H,30,32). The van der Waals surface area contributed by atoms with E-state index in [0.717, 1.165) is 11.6 Å². The van der Waals surface area contributed by atoms with E-state index in [4.69, 9.17) is 15.2 Å². The number of nitrogens with two attached hydrogens (primary N) is 1. The van der Waals surface area contributed by atoms with Crippen LogP contribution in [0.2, 0.25) is 0 Å². The van der Waals surface area contributed by atoms with E-state index >= 15 is 0 Å². The van der Waals surface area contributed by atoms with Crippen molar-refractivity contribution in [3.05, 3.63) is 71.8 Å². The van der Waals surface area contributed by atoms with Gasteiger partial charge in [-0.25, -0.2) is 0 Å². The van der Waals surface area contributed by atoms with Crippen molar-refractivity contribution in [3.63, 3.8) is 0 Å². The molecule has 1 saturated carbocycles. The molecule has 0 radical (unpaired) electrons. The van der Waals surface area contributed by atoms with E-state index in [0.29, 0.717) is 35.6 Å². The Morgan fingerprint density at radius 1 is 0.943 bits per heavy atom. The second-order valence-corrected chi connectivity index (χ2v) is 8.30. The van der Waals surface area contributed by atoms with Crippen LogP contribution in [-0.4, -0.2) is 25.0 Å². The van der Waals surface area contributed by atoms with E-state index in [-0.39, 0.29) is 23.8 Å². The smallest absolute Gasteiger partial charge is 0.454 e. The third kappa shape index (κ3) is 4.46. The highest BCUT2D eigenvalue weighted by molar-refractivity contribution is 6.02. The van der Waals surface area contributed by atoms with Crippen LogP contribution in [0.3, 0.4) is 0 Å². The van der Waals surface area contributed by atoms with Gasteiger partial charge in [-0.3, -0.25) is 9.59 Å². The van der Waals surface area contributed by atoms with Gasteiger partial charge in [0.1, 0.15) is 5.75 Å². The maximum Gasteiger partial charge on any atom is 0.573 e. The Balaban J connectivity index is 1.44. The number of primary amides is 1. The molecule has 0 atom stereocenters. The number of alkyl halides is 3. The van der Waals surface area contributed by atoms with Crippen LogP contribution in [0.15, 0.2) is 60.7 Å². The van der Waals surface area contributed by atoms with Gasteiger partial charge in [-0.05, 0) is 66.4 Å². The molecule has 35 heavy (non-hydrogen) atoms. The zero-order valence-corrected chi connectivity index (χ0v) is 18.1. The normalized spacial score (nSPS) is 15.4. The zero-order valence-electron chi connectivity index (χ0n) is 18.1. The molecule has 2 amide bonds. The molecular formula is C25H19F3N2O5. The first-order valence-corrected chi connectivity index (χ1v) is 10.7. The quantitative estimate of drug-likeness (QED) is 0.526. The summed E-state index contributed by atoms with van der Waals surface area (Å²) >= 11 is 0. The van der Waals surface area contributed by atoms with Crippen LogP contribution in [0, 0.1) is 0 Å². The number of nitrogens with one attached hydrogen (secondary N) is 1. The molecule has 3 aromatic rings.